The molecule has 0 bridgehead atoms. The number of hydrogen-bond acceptors (Lipinski definition) is 4. The molecule has 3 amide bonds. The van der Waals surface area contributed by atoms with Crippen LogP contribution in [0.1, 0.15) is 39.3 Å². The van der Waals surface area contributed by atoms with E-state index in [9.17, 15) is 18.8 Å². The Kier molecular flexibility index (Phi) is 7.37. The molecule has 1 atom stereocenters. The van der Waals surface area contributed by atoms with Gasteiger partial charge in [0.05, 0.1) is 12.8 Å². The van der Waals surface area contributed by atoms with Crippen LogP contribution in [0.15, 0.2) is 77.4 Å². The predicted molar refractivity (Wildman–Crippen MR) is 123 cm³/mol. The minimum atomic E-state index is -0.769. The third-order valence-corrected chi connectivity index (χ3v) is 5.99. The van der Waals surface area contributed by atoms with E-state index in [0.717, 1.165) is 0 Å². The molecule has 8 heteroatoms. The number of amides is 3. The zero-order chi connectivity index (χ0) is 23.9. The van der Waals surface area contributed by atoms with Crippen LogP contribution in [-0.4, -0.2) is 41.8 Å². The molecule has 1 saturated heterocycles. The summed E-state index contributed by atoms with van der Waals surface area (Å²) in [4.78, 5) is 40.3. The minimum Gasteiger partial charge on any atom is -0.467 e. The van der Waals surface area contributed by atoms with Gasteiger partial charge in [-0.2, -0.15) is 0 Å². The largest absolute Gasteiger partial charge is 0.467 e. The van der Waals surface area contributed by atoms with Crippen molar-refractivity contribution in [3.05, 3.63) is 95.7 Å². The van der Waals surface area contributed by atoms with Crippen molar-refractivity contribution in [2.75, 3.05) is 13.1 Å². The molecule has 2 N–H and O–H groups in total. The number of benzene rings is 2. The molecule has 0 spiro atoms. The topological polar surface area (TPSA) is 91.7 Å². The number of carbonyl (C=O) groups is 3. The van der Waals surface area contributed by atoms with Crippen LogP contribution in [0.25, 0.3) is 0 Å². The Morgan fingerprint density at radius 2 is 1.71 bits per heavy atom. The number of rotatable bonds is 7. The summed E-state index contributed by atoms with van der Waals surface area (Å²) in [7, 11) is 0. The van der Waals surface area contributed by atoms with Crippen molar-refractivity contribution in [3.63, 3.8) is 0 Å². The third kappa shape index (κ3) is 5.70. The van der Waals surface area contributed by atoms with Crippen molar-refractivity contribution in [2.24, 2.45) is 5.92 Å². The van der Waals surface area contributed by atoms with E-state index in [1.807, 2.05) is 6.07 Å². The fourth-order valence-corrected chi connectivity index (χ4v) is 4.15. The van der Waals surface area contributed by atoms with Crippen molar-refractivity contribution in [3.8, 4) is 0 Å². The molecule has 2 aromatic carbocycles. The van der Waals surface area contributed by atoms with E-state index < -0.39 is 11.9 Å². The van der Waals surface area contributed by atoms with Crippen LogP contribution in [0, 0.1) is 11.7 Å². The molecule has 34 heavy (non-hydrogen) atoms. The smallest absolute Gasteiger partial charge is 0.253 e. The van der Waals surface area contributed by atoms with E-state index >= 15 is 0 Å². The lowest BCUT2D eigenvalue weighted by molar-refractivity contribution is -0.124. The normalized spacial score (nSPS) is 14.9. The van der Waals surface area contributed by atoms with E-state index in [-0.39, 0.29) is 30.2 Å². The summed E-state index contributed by atoms with van der Waals surface area (Å²) in [5, 5.41) is 5.72. The van der Waals surface area contributed by atoms with Crippen LogP contribution in [0.3, 0.4) is 0 Å². The Hall–Kier alpha value is -3.94. The number of furan rings is 1. The number of nitrogens with zero attached hydrogens (tertiary/aromatic N) is 1. The Morgan fingerprint density at radius 1 is 0.971 bits per heavy atom. The van der Waals surface area contributed by atoms with Crippen LogP contribution >= 0.6 is 0 Å². The molecule has 1 aliphatic rings. The Bertz CT molecular complexity index is 1130. The number of halogens is 1. The Labute approximate surface area is 196 Å². The summed E-state index contributed by atoms with van der Waals surface area (Å²) in [6, 6.07) is 17.1. The minimum absolute atomic E-state index is 0.166. The van der Waals surface area contributed by atoms with Crippen LogP contribution in [0.2, 0.25) is 0 Å². The molecule has 0 aliphatic carbocycles. The van der Waals surface area contributed by atoms with Gasteiger partial charge < -0.3 is 20.0 Å². The summed E-state index contributed by atoms with van der Waals surface area (Å²) in [6.07, 6.45) is 2.57. The van der Waals surface area contributed by atoms with Gasteiger partial charge in [0.2, 0.25) is 5.91 Å². The van der Waals surface area contributed by atoms with Gasteiger partial charge in [0.15, 0.2) is 0 Å². The molecule has 1 fully saturated rings. The summed E-state index contributed by atoms with van der Waals surface area (Å²) < 4.78 is 18.8. The fourth-order valence-electron chi connectivity index (χ4n) is 4.15. The zero-order valence-electron chi connectivity index (χ0n) is 18.6. The highest BCUT2D eigenvalue weighted by atomic mass is 19.1. The van der Waals surface area contributed by atoms with Crippen LogP contribution < -0.4 is 10.6 Å². The number of hydrogen-bond donors (Lipinski definition) is 2. The first-order valence-electron chi connectivity index (χ1n) is 11.2. The van der Waals surface area contributed by atoms with Gasteiger partial charge >= 0.3 is 0 Å². The van der Waals surface area contributed by atoms with E-state index in [4.69, 9.17) is 4.42 Å². The second kappa shape index (κ2) is 10.8. The summed E-state index contributed by atoms with van der Waals surface area (Å²) in [6.45, 7) is 1.02. The van der Waals surface area contributed by atoms with E-state index in [1.54, 1.807) is 47.4 Å². The molecule has 0 saturated carbocycles. The van der Waals surface area contributed by atoms with Crippen LogP contribution in [-0.2, 0) is 11.3 Å². The first-order valence-corrected chi connectivity index (χ1v) is 11.2. The SMILES string of the molecule is O=C(N[C@@H](C(=O)NCc1ccco1)C1CCN(C(=O)c2cccc(F)c2)CC1)c1ccccc1. The lowest BCUT2D eigenvalue weighted by Gasteiger charge is -2.35. The maximum atomic E-state index is 13.5. The molecule has 0 unspecified atom stereocenters. The van der Waals surface area contributed by atoms with Gasteiger partial charge in [-0.25, -0.2) is 4.39 Å². The highest BCUT2D eigenvalue weighted by molar-refractivity contribution is 5.97. The predicted octanol–water partition coefficient (Wildman–Crippen LogP) is 3.39. The molecule has 1 aromatic heterocycles. The third-order valence-electron chi connectivity index (χ3n) is 5.99. The zero-order valence-corrected chi connectivity index (χ0v) is 18.6. The molecule has 3 aromatic rings. The van der Waals surface area contributed by atoms with Gasteiger partial charge in [-0.15, -0.1) is 0 Å². The average Bonchev–Trinajstić information content (AvgIpc) is 3.40. The van der Waals surface area contributed by atoms with Crippen molar-refractivity contribution < 1.29 is 23.2 Å². The van der Waals surface area contributed by atoms with E-state index in [2.05, 4.69) is 10.6 Å². The highest BCUT2D eigenvalue weighted by Gasteiger charge is 2.34. The first kappa shape index (κ1) is 23.2. The number of likely N-dealkylation sites (tertiary alicyclic amines) is 1. The first-order chi connectivity index (χ1) is 16.5. The molecule has 176 valence electrons. The van der Waals surface area contributed by atoms with Crippen molar-refractivity contribution >= 4 is 17.7 Å². The van der Waals surface area contributed by atoms with Crippen molar-refractivity contribution in [1.29, 1.82) is 0 Å². The lowest BCUT2D eigenvalue weighted by Crippen LogP contribution is -2.53. The fraction of sp³-hybridized carbons (Fsp3) is 0.269. The van der Waals surface area contributed by atoms with Gasteiger partial charge in [-0.1, -0.05) is 24.3 Å². The summed E-state index contributed by atoms with van der Waals surface area (Å²) in [5.41, 5.74) is 0.758. The molecule has 7 nitrogen and oxygen atoms in total. The molecule has 4 rings (SSSR count). The van der Waals surface area contributed by atoms with Crippen LogP contribution in [0.4, 0.5) is 4.39 Å². The van der Waals surface area contributed by atoms with E-state index in [0.29, 0.717) is 42.8 Å². The van der Waals surface area contributed by atoms with Crippen molar-refractivity contribution in [1.82, 2.24) is 15.5 Å². The van der Waals surface area contributed by atoms with E-state index in [1.165, 1.54) is 24.5 Å². The molecule has 0 radical (unpaired) electrons. The number of carbonyl (C=O) groups excluding carboxylic acids is 3. The van der Waals surface area contributed by atoms with Gasteiger partial charge in [0.25, 0.3) is 11.8 Å². The molecular weight excluding hydrogens is 437 g/mol. The maximum Gasteiger partial charge on any atom is 0.253 e. The maximum absolute atomic E-state index is 13.5. The average molecular weight is 464 g/mol. The second-order valence-corrected chi connectivity index (χ2v) is 8.25. The Morgan fingerprint density at radius 3 is 2.38 bits per heavy atom. The van der Waals surface area contributed by atoms with Gasteiger partial charge in [0, 0.05) is 24.2 Å². The van der Waals surface area contributed by atoms with Crippen molar-refractivity contribution in [2.45, 2.75) is 25.4 Å². The molecule has 1 aliphatic heterocycles. The summed E-state index contributed by atoms with van der Waals surface area (Å²) >= 11 is 0. The highest BCUT2D eigenvalue weighted by Crippen LogP contribution is 2.23. The molecular formula is C26H26FN3O4. The van der Waals surface area contributed by atoms with Gasteiger partial charge in [-0.3, -0.25) is 14.4 Å². The van der Waals surface area contributed by atoms with Gasteiger partial charge in [0.1, 0.15) is 17.6 Å². The quantitative estimate of drug-likeness (QED) is 0.562. The molecule has 2 heterocycles. The number of piperidine rings is 1. The Balaban J connectivity index is 1.43. The number of nitrogens with one attached hydrogen (secondary N) is 2. The monoisotopic (exact) mass is 463 g/mol. The summed E-state index contributed by atoms with van der Waals surface area (Å²) in [5.74, 6) is -0.909. The van der Waals surface area contributed by atoms with Gasteiger partial charge in [-0.05, 0) is 61.2 Å². The second-order valence-electron chi connectivity index (χ2n) is 8.25. The van der Waals surface area contributed by atoms with Crippen LogP contribution in [0.5, 0.6) is 0 Å². The standard InChI is InChI=1S/C26H26FN3O4/c27-21-9-4-8-20(16-21)26(33)30-13-11-18(12-14-30)23(25(32)28-17-22-10-5-15-34-22)29-24(31)19-6-2-1-3-7-19/h1-10,15-16,18,23H,11-14,17H2,(H,28,32)(H,29,31)/t23-/m1/s1. The lowest BCUT2D eigenvalue weighted by atomic mass is 9.88.